The number of carbonyl (C=O) groups excluding carboxylic acids is 1. The molecule has 80 valence electrons. The van der Waals surface area contributed by atoms with Gasteiger partial charge in [-0.3, -0.25) is 9.69 Å². The summed E-state index contributed by atoms with van der Waals surface area (Å²) < 4.78 is 0. The fourth-order valence-electron chi connectivity index (χ4n) is 1.59. The predicted molar refractivity (Wildman–Crippen MR) is 58.6 cm³/mol. The molecule has 0 spiro atoms. The molecule has 1 aromatic heterocycles. The molecule has 1 unspecified atom stereocenters. The maximum atomic E-state index is 11.6. The number of hydrogen-bond donors (Lipinski definition) is 2. The fourth-order valence-corrected chi connectivity index (χ4v) is 1.74. The Morgan fingerprint density at radius 2 is 2.27 bits per heavy atom. The highest BCUT2D eigenvalue weighted by Crippen LogP contribution is 2.26. The Balaban J connectivity index is 2.37. The van der Waals surface area contributed by atoms with Crippen LogP contribution in [0.1, 0.15) is 6.42 Å². The van der Waals surface area contributed by atoms with Crippen molar-refractivity contribution in [3.05, 3.63) is 17.3 Å². The number of pyridine rings is 1. The first-order valence-electron chi connectivity index (χ1n) is 4.56. The van der Waals surface area contributed by atoms with Gasteiger partial charge < -0.3 is 11.5 Å². The van der Waals surface area contributed by atoms with Crippen LogP contribution in [-0.4, -0.2) is 23.5 Å². The van der Waals surface area contributed by atoms with Crippen LogP contribution in [-0.2, 0) is 4.79 Å². The number of amides is 1. The van der Waals surface area contributed by atoms with Crippen LogP contribution in [0.25, 0.3) is 0 Å². The van der Waals surface area contributed by atoms with E-state index in [0.717, 1.165) is 0 Å². The number of nitrogen functional groups attached to an aromatic ring is 1. The number of nitrogens with two attached hydrogens (primary N) is 2. The first kappa shape index (κ1) is 10.2. The highest BCUT2D eigenvalue weighted by atomic mass is 35.5. The van der Waals surface area contributed by atoms with Gasteiger partial charge in [-0.15, -0.1) is 0 Å². The number of rotatable bonds is 1. The second kappa shape index (κ2) is 3.67. The van der Waals surface area contributed by atoms with Gasteiger partial charge in [-0.05, 0) is 12.1 Å². The molecule has 2 heterocycles. The lowest BCUT2D eigenvalue weighted by Crippen LogP contribution is -2.29. The molecule has 5 nitrogen and oxygen atoms in total. The largest absolute Gasteiger partial charge is 0.396 e. The standard InChI is InChI=1S/C9H11ClN4O/c10-7-2-1-6(12)9(13-7)14-4-5(11)3-8(14)15/h1-2,5H,3-4,11-12H2. The van der Waals surface area contributed by atoms with E-state index >= 15 is 0 Å². The van der Waals surface area contributed by atoms with Gasteiger partial charge in [-0.25, -0.2) is 4.98 Å². The lowest BCUT2D eigenvalue weighted by atomic mass is 10.3. The zero-order valence-electron chi connectivity index (χ0n) is 7.98. The summed E-state index contributed by atoms with van der Waals surface area (Å²) in [6.45, 7) is 0.441. The van der Waals surface area contributed by atoms with Crippen LogP contribution in [0.3, 0.4) is 0 Å². The molecule has 1 aliphatic heterocycles. The van der Waals surface area contributed by atoms with Gasteiger partial charge in [0, 0.05) is 19.0 Å². The molecule has 0 aliphatic carbocycles. The van der Waals surface area contributed by atoms with Crippen molar-refractivity contribution in [3.63, 3.8) is 0 Å². The number of hydrogen-bond acceptors (Lipinski definition) is 4. The van der Waals surface area contributed by atoms with Crippen molar-refractivity contribution in [1.29, 1.82) is 0 Å². The van der Waals surface area contributed by atoms with Crippen LogP contribution in [0.5, 0.6) is 0 Å². The fraction of sp³-hybridized carbons (Fsp3) is 0.333. The smallest absolute Gasteiger partial charge is 0.229 e. The second-order valence-electron chi connectivity index (χ2n) is 3.52. The third-order valence-corrected chi connectivity index (χ3v) is 2.49. The Bertz CT molecular complexity index is 409. The van der Waals surface area contributed by atoms with Crippen LogP contribution >= 0.6 is 11.6 Å². The molecule has 6 heteroatoms. The second-order valence-corrected chi connectivity index (χ2v) is 3.90. The SMILES string of the molecule is Nc1ccc(Cl)nc1N1CC(N)CC1=O. The van der Waals surface area contributed by atoms with E-state index in [1.54, 1.807) is 12.1 Å². The topological polar surface area (TPSA) is 85.2 Å². The first-order valence-corrected chi connectivity index (χ1v) is 4.93. The van der Waals surface area contributed by atoms with E-state index in [4.69, 9.17) is 23.1 Å². The number of nitrogens with zero attached hydrogens (tertiary/aromatic N) is 2. The quantitative estimate of drug-likeness (QED) is 0.678. The highest BCUT2D eigenvalue weighted by Gasteiger charge is 2.30. The van der Waals surface area contributed by atoms with Crippen molar-refractivity contribution in [2.24, 2.45) is 5.73 Å². The van der Waals surface area contributed by atoms with Gasteiger partial charge in [-0.1, -0.05) is 11.6 Å². The summed E-state index contributed by atoms with van der Waals surface area (Å²) in [7, 11) is 0. The molecule has 15 heavy (non-hydrogen) atoms. The lowest BCUT2D eigenvalue weighted by molar-refractivity contribution is -0.117. The zero-order valence-corrected chi connectivity index (χ0v) is 8.74. The summed E-state index contributed by atoms with van der Waals surface area (Å²) in [5.74, 6) is 0.337. The van der Waals surface area contributed by atoms with Gasteiger partial charge in [0.25, 0.3) is 0 Å². The molecule has 1 fully saturated rings. The average molecular weight is 227 g/mol. The minimum absolute atomic E-state index is 0.0658. The summed E-state index contributed by atoms with van der Waals surface area (Å²) in [5.41, 5.74) is 11.8. The Morgan fingerprint density at radius 1 is 1.53 bits per heavy atom. The Labute approximate surface area is 92.0 Å². The monoisotopic (exact) mass is 226 g/mol. The van der Waals surface area contributed by atoms with E-state index in [0.29, 0.717) is 29.6 Å². The van der Waals surface area contributed by atoms with Gasteiger partial charge in [-0.2, -0.15) is 0 Å². The molecule has 0 radical (unpaired) electrons. The third kappa shape index (κ3) is 1.88. The molecular weight excluding hydrogens is 216 g/mol. The molecule has 0 saturated carbocycles. The van der Waals surface area contributed by atoms with Gasteiger partial charge in [0.2, 0.25) is 5.91 Å². The maximum absolute atomic E-state index is 11.6. The number of aromatic nitrogens is 1. The number of carbonyl (C=O) groups is 1. The summed E-state index contributed by atoms with van der Waals surface area (Å²) in [6, 6.07) is 3.06. The molecule has 1 amide bonds. The van der Waals surface area contributed by atoms with E-state index in [1.807, 2.05) is 0 Å². The molecule has 1 aliphatic rings. The average Bonchev–Trinajstić information content (AvgIpc) is 2.50. The van der Waals surface area contributed by atoms with E-state index < -0.39 is 0 Å². The zero-order chi connectivity index (χ0) is 11.0. The first-order chi connectivity index (χ1) is 7.08. The van der Waals surface area contributed by atoms with Crippen molar-refractivity contribution in [3.8, 4) is 0 Å². The number of anilines is 2. The summed E-state index contributed by atoms with van der Waals surface area (Å²) in [4.78, 5) is 17.1. The Kier molecular flexibility index (Phi) is 2.50. The van der Waals surface area contributed by atoms with Crippen LogP contribution in [0.2, 0.25) is 5.15 Å². The lowest BCUT2D eigenvalue weighted by Gasteiger charge is -2.16. The molecule has 4 N–H and O–H groups in total. The Hall–Kier alpha value is -1.33. The van der Waals surface area contributed by atoms with Gasteiger partial charge in [0.1, 0.15) is 5.15 Å². The van der Waals surface area contributed by atoms with Gasteiger partial charge in [0.05, 0.1) is 5.69 Å². The van der Waals surface area contributed by atoms with Crippen molar-refractivity contribution < 1.29 is 4.79 Å². The third-order valence-electron chi connectivity index (χ3n) is 2.28. The van der Waals surface area contributed by atoms with Crippen molar-refractivity contribution in [1.82, 2.24) is 4.98 Å². The predicted octanol–water partition coefficient (Wildman–Crippen LogP) is 0.381. The summed E-state index contributed by atoms with van der Waals surface area (Å²) in [5, 5.41) is 0.312. The van der Waals surface area contributed by atoms with Crippen LogP contribution in [0, 0.1) is 0 Å². The summed E-state index contributed by atoms with van der Waals surface area (Å²) >= 11 is 5.74. The molecule has 1 saturated heterocycles. The molecule has 0 aromatic carbocycles. The summed E-state index contributed by atoms with van der Waals surface area (Å²) in [6.07, 6.45) is 0.327. The minimum Gasteiger partial charge on any atom is -0.396 e. The van der Waals surface area contributed by atoms with Gasteiger partial charge in [0.15, 0.2) is 5.82 Å². The van der Waals surface area contributed by atoms with E-state index in [1.165, 1.54) is 4.90 Å². The normalized spacial score (nSPS) is 21.1. The van der Waals surface area contributed by atoms with Crippen molar-refractivity contribution in [2.75, 3.05) is 17.2 Å². The van der Waals surface area contributed by atoms with E-state index in [-0.39, 0.29) is 11.9 Å². The van der Waals surface area contributed by atoms with Crippen LogP contribution < -0.4 is 16.4 Å². The number of halogens is 1. The van der Waals surface area contributed by atoms with Crippen LogP contribution in [0.4, 0.5) is 11.5 Å². The molecule has 1 atom stereocenters. The van der Waals surface area contributed by atoms with Crippen molar-refractivity contribution in [2.45, 2.75) is 12.5 Å². The molecule has 1 aromatic rings. The highest BCUT2D eigenvalue weighted by molar-refractivity contribution is 6.29. The minimum atomic E-state index is -0.155. The van der Waals surface area contributed by atoms with Crippen molar-refractivity contribution >= 4 is 29.0 Å². The molecular formula is C9H11ClN4O. The Morgan fingerprint density at radius 3 is 2.87 bits per heavy atom. The molecule has 0 bridgehead atoms. The van der Waals surface area contributed by atoms with Gasteiger partial charge >= 0.3 is 0 Å². The van der Waals surface area contributed by atoms with E-state index in [9.17, 15) is 4.79 Å². The molecule has 2 rings (SSSR count). The maximum Gasteiger partial charge on any atom is 0.229 e. The van der Waals surface area contributed by atoms with E-state index in [2.05, 4.69) is 4.98 Å². The van der Waals surface area contributed by atoms with Crippen LogP contribution in [0.15, 0.2) is 12.1 Å².